The van der Waals surface area contributed by atoms with Crippen molar-refractivity contribution in [3.63, 3.8) is 0 Å². The normalized spacial score (nSPS) is 12.0. The molecule has 0 saturated carbocycles. The summed E-state index contributed by atoms with van der Waals surface area (Å²) in [6, 6.07) is 0. The van der Waals surface area contributed by atoms with E-state index in [1.54, 1.807) is 0 Å². The number of nitrogens with zero attached hydrogens (tertiary/aromatic N) is 2. The Morgan fingerprint density at radius 3 is 2.30 bits per heavy atom. The van der Waals surface area contributed by atoms with Crippen LogP contribution in [0.15, 0.2) is 12.4 Å². The molecular weight excluding hydrogens is 145 g/mol. The van der Waals surface area contributed by atoms with Gasteiger partial charge in [0, 0.05) is 13.1 Å². The molecule has 0 N–H and O–H groups in total. The molecule has 1 rings (SSSR count). The maximum atomic E-state index is 11.6. The lowest BCUT2D eigenvalue weighted by molar-refractivity contribution is -0.212. The summed E-state index contributed by atoms with van der Waals surface area (Å²) in [5, 5.41) is 2.95. The van der Waals surface area contributed by atoms with E-state index in [0.29, 0.717) is 6.20 Å². The van der Waals surface area contributed by atoms with Gasteiger partial charge in [0.1, 0.15) is 0 Å². The summed E-state index contributed by atoms with van der Waals surface area (Å²) in [7, 11) is 0. The third-order valence-electron chi connectivity index (χ3n) is 0.862. The third-order valence-corrected chi connectivity index (χ3v) is 0.862. The predicted octanol–water partition coefficient (Wildman–Crippen LogP) is 1.42. The van der Waals surface area contributed by atoms with Crippen LogP contribution in [0.5, 0.6) is 0 Å². The van der Waals surface area contributed by atoms with Crippen molar-refractivity contribution in [1.82, 2.24) is 9.78 Å². The largest absolute Gasteiger partial charge is 0.504 e. The smallest absolute Gasteiger partial charge is 0.179 e. The molecular formula is C5H3F3N2. The van der Waals surface area contributed by atoms with Crippen LogP contribution in [0.2, 0.25) is 0 Å². The van der Waals surface area contributed by atoms with Gasteiger partial charge in [0.2, 0.25) is 0 Å². The van der Waals surface area contributed by atoms with Crippen molar-refractivity contribution in [1.29, 1.82) is 0 Å². The van der Waals surface area contributed by atoms with Crippen LogP contribution in [0.4, 0.5) is 13.2 Å². The van der Waals surface area contributed by atoms with Gasteiger partial charge in [-0.25, -0.2) is 0 Å². The Hall–Kier alpha value is -1.00. The van der Waals surface area contributed by atoms with E-state index in [4.69, 9.17) is 6.92 Å². The van der Waals surface area contributed by atoms with Crippen molar-refractivity contribution in [2.45, 2.75) is 6.30 Å². The minimum absolute atomic E-state index is 0.00248. The Balaban J connectivity index is 2.96. The standard InChI is InChI=1S/C5H3F3N2/c1-4-2-9-10(3-4)5(6,7)8/h1-3H. The summed E-state index contributed by atoms with van der Waals surface area (Å²) in [6.45, 7) is 4.99. The zero-order valence-electron chi connectivity index (χ0n) is 4.76. The highest BCUT2D eigenvalue weighted by Gasteiger charge is 2.30. The van der Waals surface area contributed by atoms with Crippen molar-refractivity contribution in [2.75, 3.05) is 0 Å². The molecule has 0 spiro atoms. The molecule has 0 fully saturated rings. The molecule has 1 heterocycles. The zero-order chi connectivity index (χ0) is 7.78. The Morgan fingerprint density at radius 1 is 1.50 bits per heavy atom. The number of rotatable bonds is 0. The third kappa shape index (κ3) is 1.29. The van der Waals surface area contributed by atoms with Gasteiger partial charge in [0.15, 0.2) is 0 Å². The highest BCUT2D eigenvalue weighted by atomic mass is 19.4. The topological polar surface area (TPSA) is 17.8 Å². The highest BCUT2D eigenvalue weighted by molar-refractivity contribution is 5.07. The molecule has 0 amide bonds. The van der Waals surface area contributed by atoms with Crippen LogP contribution in [-0.4, -0.2) is 9.78 Å². The van der Waals surface area contributed by atoms with E-state index < -0.39 is 6.30 Å². The van der Waals surface area contributed by atoms with Crippen molar-refractivity contribution in [3.8, 4) is 0 Å². The summed E-state index contributed by atoms with van der Waals surface area (Å²) in [5.74, 6) is 0. The Bertz CT molecular complexity index is 225. The van der Waals surface area contributed by atoms with Crippen molar-refractivity contribution in [2.24, 2.45) is 0 Å². The molecule has 0 unspecified atom stereocenters. The second-order valence-corrected chi connectivity index (χ2v) is 1.69. The molecule has 0 aliphatic heterocycles. The van der Waals surface area contributed by atoms with E-state index in [1.165, 1.54) is 0 Å². The van der Waals surface area contributed by atoms with Crippen LogP contribution in [0, 0.1) is 6.92 Å². The predicted molar refractivity (Wildman–Crippen MR) is 26.9 cm³/mol. The maximum Gasteiger partial charge on any atom is 0.504 e. The lowest BCUT2D eigenvalue weighted by atomic mass is 10.4. The fourth-order valence-electron chi connectivity index (χ4n) is 0.475. The average Bonchev–Trinajstić information content (AvgIpc) is 2.11. The molecule has 10 heavy (non-hydrogen) atoms. The van der Waals surface area contributed by atoms with Crippen LogP contribution < -0.4 is 0 Å². The molecule has 0 atom stereocenters. The first-order valence-electron chi connectivity index (χ1n) is 2.37. The fraction of sp³-hybridized carbons (Fsp3) is 0.200. The number of hydrogen-bond donors (Lipinski definition) is 0. The summed E-state index contributed by atoms with van der Waals surface area (Å²) in [6.07, 6.45) is -2.81. The molecule has 0 saturated heterocycles. The SMILES string of the molecule is [CH]c1cnn(C(F)(F)F)c1. The summed E-state index contributed by atoms with van der Waals surface area (Å²) in [5.41, 5.74) is -0.00248. The molecule has 5 heteroatoms. The van der Waals surface area contributed by atoms with Gasteiger partial charge in [-0.3, -0.25) is 0 Å². The number of aromatic nitrogens is 2. The second kappa shape index (κ2) is 2.00. The number of alkyl halides is 3. The van der Waals surface area contributed by atoms with E-state index in [0.717, 1.165) is 6.20 Å². The lowest BCUT2D eigenvalue weighted by Gasteiger charge is -2.03. The van der Waals surface area contributed by atoms with E-state index in [2.05, 4.69) is 5.10 Å². The van der Waals surface area contributed by atoms with Crippen LogP contribution in [0.3, 0.4) is 0 Å². The zero-order valence-corrected chi connectivity index (χ0v) is 4.76. The first-order valence-corrected chi connectivity index (χ1v) is 2.37. The monoisotopic (exact) mass is 148 g/mol. The fourth-order valence-corrected chi connectivity index (χ4v) is 0.475. The summed E-state index contributed by atoms with van der Waals surface area (Å²) in [4.78, 5) is 0. The number of hydrogen-bond acceptors (Lipinski definition) is 1. The van der Waals surface area contributed by atoms with Gasteiger partial charge in [-0.1, -0.05) is 0 Å². The quantitative estimate of drug-likeness (QED) is 0.544. The van der Waals surface area contributed by atoms with Gasteiger partial charge in [-0.2, -0.15) is 9.78 Å². The van der Waals surface area contributed by atoms with Gasteiger partial charge >= 0.3 is 6.30 Å². The second-order valence-electron chi connectivity index (χ2n) is 1.69. The first-order chi connectivity index (χ1) is 4.50. The van der Waals surface area contributed by atoms with Gasteiger partial charge < -0.3 is 0 Å². The minimum atomic E-state index is -4.46. The first kappa shape index (κ1) is 7.11. The Morgan fingerprint density at radius 2 is 2.10 bits per heavy atom. The molecule has 0 bridgehead atoms. The van der Waals surface area contributed by atoms with E-state index in [1.807, 2.05) is 0 Å². The van der Waals surface area contributed by atoms with Crippen LogP contribution in [0.1, 0.15) is 5.56 Å². The van der Waals surface area contributed by atoms with Gasteiger partial charge in [0.05, 0.1) is 6.20 Å². The van der Waals surface area contributed by atoms with Crippen molar-refractivity contribution < 1.29 is 13.2 Å². The minimum Gasteiger partial charge on any atom is -0.179 e. The molecule has 54 valence electrons. The van der Waals surface area contributed by atoms with Crippen LogP contribution in [0.25, 0.3) is 0 Å². The molecule has 2 nitrogen and oxygen atoms in total. The maximum absolute atomic E-state index is 11.6. The molecule has 0 aliphatic carbocycles. The molecule has 1 aromatic heterocycles. The van der Waals surface area contributed by atoms with Gasteiger partial charge in [-0.15, -0.1) is 13.2 Å². The van der Waals surface area contributed by atoms with Crippen LogP contribution >= 0.6 is 0 Å². The highest BCUT2D eigenvalue weighted by Crippen LogP contribution is 2.20. The Labute approximate surface area is 55.3 Å². The molecule has 0 aromatic carbocycles. The van der Waals surface area contributed by atoms with Crippen molar-refractivity contribution in [3.05, 3.63) is 24.9 Å². The van der Waals surface area contributed by atoms with Crippen LogP contribution in [-0.2, 0) is 6.30 Å². The van der Waals surface area contributed by atoms with Crippen molar-refractivity contribution >= 4 is 0 Å². The van der Waals surface area contributed by atoms with E-state index >= 15 is 0 Å². The Kier molecular flexibility index (Phi) is 1.42. The lowest BCUT2D eigenvalue weighted by Crippen LogP contribution is -2.16. The average molecular weight is 148 g/mol. The number of halogens is 3. The summed E-state index contributed by atoms with van der Waals surface area (Å²) >= 11 is 0. The van der Waals surface area contributed by atoms with E-state index in [9.17, 15) is 13.2 Å². The molecule has 1 aromatic rings. The molecule has 2 radical (unpaired) electrons. The van der Waals surface area contributed by atoms with Gasteiger partial charge in [-0.05, 0) is 5.56 Å². The summed E-state index contributed by atoms with van der Waals surface area (Å²) < 4.78 is 34.8. The van der Waals surface area contributed by atoms with E-state index in [-0.39, 0.29) is 10.2 Å². The van der Waals surface area contributed by atoms with Gasteiger partial charge in [0.25, 0.3) is 0 Å². The molecule has 0 aliphatic rings.